The first-order valence-electron chi connectivity index (χ1n) is 4.36. The molecule has 0 amide bonds. The number of nitrogens with one attached hydrogen (secondary N) is 1. The smallest absolute Gasteiger partial charge is 0.227 e. The van der Waals surface area contributed by atoms with Gasteiger partial charge < -0.3 is 10.1 Å². The molecule has 2 rings (SSSR count). The molecule has 1 aromatic rings. The lowest BCUT2D eigenvalue weighted by molar-refractivity contribution is -0.0723. The van der Waals surface area contributed by atoms with Gasteiger partial charge in [0.05, 0.1) is 0 Å². The predicted octanol–water partition coefficient (Wildman–Crippen LogP) is 1.92. The van der Waals surface area contributed by atoms with Gasteiger partial charge in [-0.1, -0.05) is 34.8 Å². The summed E-state index contributed by atoms with van der Waals surface area (Å²) < 4.78 is 18.7. The number of benzene rings is 1. The van der Waals surface area contributed by atoms with Crippen LogP contribution in [0.5, 0.6) is 0 Å². The maximum absolute atomic E-state index is 13.5. The van der Waals surface area contributed by atoms with Gasteiger partial charge in [-0.2, -0.15) is 0 Å². The Morgan fingerprint density at radius 1 is 1.36 bits per heavy atom. The number of hydrogen-bond acceptors (Lipinski definition) is 3. The van der Waals surface area contributed by atoms with E-state index >= 15 is 0 Å². The fourth-order valence-corrected chi connectivity index (χ4v) is 1.35. The van der Waals surface area contributed by atoms with Crippen molar-refractivity contribution in [3.63, 3.8) is 0 Å². The average molecular weight is 194 g/mol. The summed E-state index contributed by atoms with van der Waals surface area (Å²) in [5, 5.41) is 3.27. The maximum atomic E-state index is 13.5. The molecular formula is C10H11FN2O. The molecule has 1 aromatic carbocycles. The fourth-order valence-electron chi connectivity index (χ4n) is 1.35. The Morgan fingerprint density at radius 3 is 2.64 bits per heavy atom. The highest BCUT2D eigenvalue weighted by atomic mass is 19.2. The van der Waals surface area contributed by atoms with Crippen molar-refractivity contribution in [3.8, 4) is 0 Å². The third kappa shape index (κ3) is 1.39. The van der Waals surface area contributed by atoms with Crippen LogP contribution in [0.25, 0.3) is 0 Å². The second kappa shape index (κ2) is 3.57. The van der Waals surface area contributed by atoms with E-state index in [1.165, 1.54) is 6.26 Å². The summed E-state index contributed by atoms with van der Waals surface area (Å²) in [6.45, 7) is 0. The van der Waals surface area contributed by atoms with Crippen LogP contribution in [-0.2, 0) is 4.74 Å². The molecule has 4 heteroatoms. The lowest BCUT2D eigenvalue weighted by Crippen LogP contribution is -2.22. The Kier molecular flexibility index (Phi) is 2.26. The van der Waals surface area contributed by atoms with Crippen LogP contribution in [0.15, 0.2) is 42.4 Å². The minimum Gasteiger partial charge on any atom is -0.467 e. The second-order valence-electron chi connectivity index (χ2n) is 2.96. The first-order valence-corrected chi connectivity index (χ1v) is 4.36. The second-order valence-corrected chi connectivity index (χ2v) is 2.96. The van der Waals surface area contributed by atoms with Crippen molar-refractivity contribution in [3.05, 3.63) is 48.0 Å². The van der Waals surface area contributed by atoms with E-state index in [0.29, 0.717) is 10.9 Å². The lowest BCUT2D eigenvalue weighted by atomic mass is 10.2. The van der Waals surface area contributed by atoms with Crippen molar-refractivity contribution in [2.75, 3.05) is 7.05 Å². The number of halogens is 1. The Hall–Kier alpha value is -1.71. The SMILES string of the molecule is CNC1=COC(c2ccccc2)N1F. The number of hydrogen-bond donors (Lipinski definition) is 1. The molecule has 0 spiro atoms. The van der Waals surface area contributed by atoms with E-state index in [1.54, 1.807) is 7.05 Å². The quantitative estimate of drug-likeness (QED) is 0.728. The van der Waals surface area contributed by atoms with Crippen LogP contribution >= 0.6 is 0 Å². The van der Waals surface area contributed by atoms with Crippen LogP contribution < -0.4 is 5.32 Å². The molecule has 0 saturated carbocycles. The number of rotatable bonds is 2. The molecule has 1 aliphatic heterocycles. The summed E-state index contributed by atoms with van der Waals surface area (Å²) in [7, 11) is 1.65. The van der Waals surface area contributed by atoms with E-state index in [4.69, 9.17) is 4.74 Å². The first kappa shape index (κ1) is 8.87. The van der Waals surface area contributed by atoms with E-state index in [0.717, 1.165) is 5.56 Å². The van der Waals surface area contributed by atoms with E-state index < -0.39 is 6.23 Å². The minimum atomic E-state index is -0.668. The van der Waals surface area contributed by atoms with Crippen molar-refractivity contribution in [1.29, 1.82) is 0 Å². The predicted molar refractivity (Wildman–Crippen MR) is 50.4 cm³/mol. The zero-order chi connectivity index (χ0) is 9.97. The molecule has 1 aliphatic rings. The molecule has 1 heterocycles. The molecular weight excluding hydrogens is 183 g/mol. The highest BCUT2D eigenvalue weighted by Gasteiger charge is 2.28. The van der Waals surface area contributed by atoms with Gasteiger partial charge in [0, 0.05) is 12.6 Å². The van der Waals surface area contributed by atoms with Gasteiger partial charge in [0.25, 0.3) is 0 Å². The summed E-state index contributed by atoms with van der Waals surface area (Å²) in [5.74, 6) is 0.332. The van der Waals surface area contributed by atoms with Gasteiger partial charge in [-0.05, 0) is 0 Å². The largest absolute Gasteiger partial charge is 0.467 e. The third-order valence-electron chi connectivity index (χ3n) is 2.09. The summed E-state index contributed by atoms with van der Waals surface area (Å²) >= 11 is 0. The topological polar surface area (TPSA) is 24.5 Å². The van der Waals surface area contributed by atoms with Crippen molar-refractivity contribution in [1.82, 2.24) is 10.4 Å². The Morgan fingerprint density at radius 2 is 2.07 bits per heavy atom. The summed E-state index contributed by atoms with van der Waals surface area (Å²) in [5.41, 5.74) is 0.788. The van der Waals surface area contributed by atoms with Gasteiger partial charge in [0.1, 0.15) is 6.26 Å². The van der Waals surface area contributed by atoms with Crippen LogP contribution in [0.2, 0.25) is 0 Å². The van der Waals surface area contributed by atoms with Crippen LogP contribution in [0.3, 0.4) is 0 Å². The molecule has 0 radical (unpaired) electrons. The van der Waals surface area contributed by atoms with Gasteiger partial charge in [0.15, 0.2) is 5.82 Å². The highest BCUT2D eigenvalue weighted by molar-refractivity contribution is 5.19. The number of ether oxygens (including phenoxy) is 1. The zero-order valence-electron chi connectivity index (χ0n) is 7.77. The van der Waals surface area contributed by atoms with Gasteiger partial charge in [0.2, 0.25) is 6.23 Å². The van der Waals surface area contributed by atoms with Crippen LogP contribution in [0, 0.1) is 0 Å². The normalized spacial score (nSPS) is 20.3. The van der Waals surface area contributed by atoms with Crippen molar-refractivity contribution in [2.45, 2.75) is 6.23 Å². The van der Waals surface area contributed by atoms with E-state index in [2.05, 4.69) is 5.32 Å². The molecule has 0 aromatic heterocycles. The van der Waals surface area contributed by atoms with Crippen LogP contribution in [0.1, 0.15) is 11.8 Å². The maximum Gasteiger partial charge on any atom is 0.227 e. The highest BCUT2D eigenvalue weighted by Crippen LogP contribution is 2.30. The van der Waals surface area contributed by atoms with Crippen LogP contribution in [-0.4, -0.2) is 12.2 Å². The van der Waals surface area contributed by atoms with Gasteiger partial charge >= 0.3 is 0 Å². The van der Waals surface area contributed by atoms with Crippen molar-refractivity contribution >= 4 is 0 Å². The lowest BCUT2D eigenvalue weighted by Gasteiger charge is -2.17. The van der Waals surface area contributed by atoms with Crippen LogP contribution in [0.4, 0.5) is 4.48 Å². The summed E-state index contributed by atoms with van der Waals surface area (Å²) in [4.78, 5) is 0. The summed E-state index contributed by atoms with van der Waals surface area (Å²) in [6.07, 6.45) is 0.705. The third-order valence-corrected chi connectivity index (χ3v) is 2.09. The zero-order valence-corrected chi connectivity index (χ0v) is 7.77. The summed E-state index contributed by atoms with van der Waals surface area (Å²) in [6, 6.07) is 9.23. The molecule has 0 saturated heterocycles. The molecule has 3 nitrogen and oxygen atoms in total. The molecule has 0 bridgehead atoms. The van der Waals surface area contributed by atoms with Gasteiger partial charge in [-0.25, -0.2) is 0 Å². The average Bonchev–Trinajstić information content (AvgIpc) is 2.61. The minimum absolute atomic E-state index is 0.332. The molecule has 0 fully saturated rings. The van der Waals surface area contributed by atoms with Crippen molar-refractivity contribution < 1.29 is 9.22 Å². The molecule has 14 heavy (non-hydrogen) atoms. The monoisotopic (exact) mass is 194 g/mol. The Balaban J connectivity index is 2.17. The van der Waals surface area contributed by atoms with Crippen molar-refractivity contribution in [2.24, 2.45) is 0 Å². The molecule has 1 unspecified atom stereocenters. The number of nitrogens with zero attached hydrogens (tertiary/aromatic N) is 1. The van der Waals surface area contributed by atoms with E-state index in [-0.39, 0.29) is 0 Å². The fraction of sp³-hybridized carbons (Fsp3) is 0.200. The standard InChI is InChI=1S/C10H11FN2O/c1-12-9-7-14-10(13(9)11)8-5-3-2-4-6-8/h2-7,10,12H,1H3. The molecule has 1 N–H and O–H groups in total. The van der Waals surface area contributed by atoms with E-state index in [9.17, 15) is 4.48 Å². The van der Waals surface area contributed by atoms with Gasteiger partial charge in [-0.3, -0.25) is 0 Å². The molecule has 0 aliphatic carbocycles. The van der Waals surface area contributed by atoms with Gasteiger partial charge in [-0.15, -0.1) is 5.12 Å². The molecule has 74 valence electrons. The first-order chi connectivity index (χ1) is 6.83. The Labute approximate surface area is 81.7 Å². The van der Waals surface area contributed by atoms with E-state index in [1.807, 2.05) is 30.3 Å². The Bertz CT molecular complexity index is 339. The molecule has 1 atom stereocenters.